The van der Waals surface area contributed by atoms with Crippen LogP contribution in [0.25, 0.3) is 17.1 Å². The second-order valence-corrected chi connectivity index (χ2v) is 7.69. The van der Waals surface area contributed by atoms with Crippen molar-refractivity contribution in [3.63, 3.8) is 0 Å². The molecule has 0 N–H and O–H groups in total. The summed E-state index contributed by atoms with van der Waals surface area (Å²) in [7, 11) is 0. The van der Waals surface area contributed by atoms with Crippen LogP contribution in [0.15, 0.2) is 47.1 Å². The number of aromatic nitrogens is 2. The zero-order valence-electron chi connectivity index (χ0n) is 14.9. The molecule has 1 aromatic carbocycles. The van der Waals surface area contributed by atoms with E-state index in [1.807, 2.05) is 11.0 Å². The molecule has 0 aliphatic carbocycles. The molecule has 1 aliphatic heterocycles. The van der Waals surface area contributed by atoms with Crippen molar-refractivity contribution in [2.45, 2.75) is 19.8 Å². The third kappa shape index (κ3) is 3.62. The van der Waals surface area contributed by atoms with E-state index in [1.165, 1.54) is 0 Å². The van der Waals surface area contributed by atoms with Crippen LogP contribution in [-0.4, -0.2) is 33.7 Å². The molecule has 0 saturated carbocycles. The molecule has 5 nitrogen and oxygen atoms in total. The minimum absolute atomic E-state index is 0.0433. The quantitative estimate of drug-likeness (QED) is 0.595. The summed E-state index contributed by atoms with van der Waals surface area (Å²) in [5.41, 5.74) is 1.75. The van der Waals surface area contributed by atoms with Crippen molar-refractivity contribution in [1.29, 1.82) is 0 Å². The lowest BCUT2D eigenvalue weighted by Gasteiger charge is -2.30. The Morgan fingerprint density at radius 3 is 2.59 bits per heavy atom. The number of benzene rings is 1. The minimum Gasteiger partial charge on any atom is -0.463 e. The summed E-state index contributed by atoms with van der Waals surface area (Å²) in [6.45, 7) is 3.72. The van der Waals surface area contributed by atoms with Gasteiger partial charge in [-0.1, -0.05) is 30.1 Å². The van der Waals surface area contributed by atoms with Crippen molar-refractivity contribution in [1.82, 2.24) is 14.7 Å². The number of piperidine rings is 1. The van der Waals surface area contributed by atoms with Crippen molar-refractivity contribution in [2.75, 3.05) is 13.1 Å². The lowest BCUT2D eigenvalue weighted by atomic mass is 9.99. The van der Waals surface area contributed by atoms with Crippen LogP contribution in [0, 0.1) is 5.92 Å². The zero-order valence-corrected chi connectivity index (χ0v) is 16.4. The summed E-state index contributed by atoms with van der Waals surface area (Å²) in [6, 6.07) is 10.6. The number of hydrogen-bond acceptors (Lipinski definition) is 3. The molecule has 140 valence electrons. The van der Waals surface area contributed by atoms with E-state index in [0.29, 0.717) is 38.8 Å². The second-order valence-electron chi connectivity index (χ2n) is 6.88. The summed E-state index contributed by atoms with van der Waals surface area (Å²) < 4.78 is 7.07. The van der Waals surface area contributed by atoms with Crippen molar-refractivity contribution in [3.8, 4) is 17.1 Å². The number of furan rings is 1. The monoisotopic (exact) mass is 403 g/mol. The number of hydrogen-bond donors (Lipinski definition) is 0. The highest BCUT2D eigenvalue weighted by Gasteiger charge is 2.26. The van der Waals surface area contributed by atoms with Gasteiger partial charge < -0.3 is 9.32 Å². The van der Waals surface area contributed by atoms with Crippen LogP contribution in [0.4, 0.5) is 0 Å². The number of nitrogens with zero attached hydrogens (tertiary/aromatic N) is 3. The van der Waals surface area contributed by atoms with Gasteiger partial charge in [0.05, 0.1) is 22.0 Å². The Morgan fingerprint density at radius 1 is 1.15 bits per heavy atom. The van der Waals surface area contributed by atoms with Crippen LogP contribution in [-0.2, 0) is 0 Å². The summed E-state index contributed by atoms with van der Waals surface area (Å²) in [5.74, 6) is 1.21. The first-order valence-electron chi connectivity index (χ1n) is 8.91. The summed E-state index contributed by atoms with van der Waals surface area (Å²) in [4.78, 5) is 15.1. The van der Waals surface area contributed by atoms with E-state index in [9.17, 15) is 4.79 Å². The first-order chi connectivity index (χ1) is 13.0. The van der Waals surface area contributed by atoms with Gasteiger partial charge in [-0.2, -0.15) is 5.10 Å². The maximum Gasteiger partial charge on any atom is 0.272 e. The number of rotatable bonds is 3. The predicted molar refractivity (Wildman–Crippen MR) is 106 cm³/mol. The molecule has 4 rings (SSSR count). The van der Waals surface area contributed by atoms with Gasteiger partial charge in [0, 0.05) is 19.2 Å². The average Bonchev–Trinajstić information content (AvgIpc) is 3.33. The predicted octanol–water partition coefficient (Wildman–Crippen LogP) is 5.31. The highest BCUT2D eigenvalue weighted by molar-refractivity contribution is 6.42. The van der Waals surface area contributed by atoms with Gasteiger partial charge in [0.1, 0.15) is 11.4 Å². The average molecular weight is 404 g/mol. The van der Waals surface area contributed by atoms with E-state index in [0.717, 1.165) is 25.9 Å². The van der Waals surface area contributed by atoms with E-state index < -0.39 is 0 Å². The fraction of sp³-hybridized carbons (Fsp3) is 0.300. The normalized spacial score (nSPS) is 15.3. The zero-order chi connectivity index (χ0) is 19.0. The number of carbonyl (C=O) groups excluding carboxylic acids is 1. The Labute approximate surface area is 167 Å². The van der Waals surface area contributed by atoms with Gasteiger partial charge in [0.15, 0.2) is 5.76 Å². The fourth-order valence-electron chi connectivity index (χ4n) is 3.27. The van der Waals surface area contributed by atoms with Gasteiger partial charge in [-0.25, -0.2) is 4.68 Å². The van der Waals surface area contributed by atoms with Crippen molar-refractivity contribution in [3.05, 3.63) is 58.4 Å². The molecule has 3 aromatic rings. The van der Waals surface area contributed by atoms with E-state index in [1.54, 1.807) is 41.3 Å². The highest BCUT2D eigenvalue weighted by Crippen LogP contribution is 2.28. The molecule has 7 heteroatoms. The molecule has 27 heavy (non-hydrogen) atoms. The summed E-state index contributed by atoms with van der Waals surface area (Å²) in [5, 5.41) is 5.47. The minimum atomic E-state index is -0.0433. The van der Waals surface area contributed by atoms with Crippen molar-refractivity contribution < 1.29 is 9.21 Å². The van der Waals surface area contributed by atoms with Gasteiger partial charge in [0.2, 0.25) is 0 Å². The maximum absolute atomic E-state index is 13.2. The van der Waals surface area contributed by atoms with Gasteiger partial charge in [-0.3, -0.25) is 4.79 Å². The molecular formula is C20H19Cl2N3O2. The number of carbonyl (C=O) groups is 1. The molecule has 0 atom stereocenters. The smallest absolute Gasteiger partial charge is 0.272 e. The molecule has 3 heterocycles. The molecule has 2 aromatic heterocycles. The molecule has 1 amide bonds. The largest absolute Gasteiger partial charge is 0.463 e. The molecule has 1 aliphatic rings. The number of likely N-dealkylation sites (tertiary alicyclic amines) is 1. The fourth-order valence-corrected chi connectivity index (χ4v) is 3.56. The maximum atomic E-state index is 13.2. The first kappa shape index (κ1) is 18.1. The summed E-state index contributed by atoms with van der Waals surface area (Å²) >= 11 is 12.2. The van der Waals surface area contributed by atoms with Crippen LogP contribution >= 0.6 is 23.2 Å². The van der Waals surface area contributed by atoms with Crippen molar-refractivity contribution in [2.24, 2.45) is 5.92 Å². The highest BCUT2D eigenvalue weighted by atomic mass is 35.5. The van der Waals surface area contributed by atoms with Gasteiger partial charge in [-0.15, -0.1) is 0 Å². The summed E-state index contributed by atoms with van der Waals surface area (Å²) in [6.07, 6.45) is 3.61. The van der Waals surface area contributed by atoms with Crippen LogP contribution < -0.4 is 0 Å². The Hall–Kier alpha value is -2.24. The molecule has 0 radical (unpaired) electrons. The van der Waals surface area contributed by atoms with Crippen LogP contribution in [0.3, 0.4) is 0 Å². The van der Waals surface area contributed by atoms with Crippen LogP contribution in [0.5, 0.6) is 0 Å². The SMILES string of the molecule is CC1CCN(C(=O)c2cc(-c3ccco3)nn2-c2ccc(Cl)c(Cl)c2)CC1. The van der Waals surface area contributed by atoms with E-state index >= 15 is 0 Å². The molecule has 0 bridgehead atoms. The molecular weight excluding hydrogens is 385 g/mol. The molecule has 1 fully saturated rings. The third-order valence-corrected chi connectivity index (χ3v) is 5.66. The van der Waals surface area contributed by atoms with E-state index in [4.69, 9.17) is 27.6 Å². The molecule has 1 saturated heterocycles. The standard InChI is InChI=1S/C20H19Cl2N3O2/c1-13-6-8-24(9-7-13)20(26)18-12-17(19-3-2-10-27-19)23-25(18)14-4-5-15(21)16(22)11-14/h2-5,10-13H,6-9H2,1H3. The van der Waals surface area contributed by atoms with Gasteiger partial charge in [-0.05, 0) is 49.1 Å². The molecule has 0 spiro atoms. The third-order valence-electron chi connectivity index (χ3n) is 4.92. The van der Waals surface area contributed by atoms with E-state index in [2.05, 4.69) is 12.0 Å². The Kier molecular flexibility index (Phi) is 4.98. The lowest BCUT2D eigenvalue weighted by molar-refractivity contribution is 0.0688. The van der Waals surface area contributed by atoms with Crippen LogP contribution in [0.2, 0.25) is 10.0 Å². The first-order valence-corrected chi connectivity index (χ1v) is 9.67. The topological polar surface area (TPSA) is 51.3 Å². The Morgan fingerprint density at radius 2 is 1.93 bits per heavy atom. The lowest BCUT2D eigenvalue weighted by Crippen LogP contribution is -2.38. The van der Waals surface area contributed by atoms with Gasteiger partial charge >= 0.3 is 0 Å². The number of amides is 1. The Balaban J connectivity index is 1.76. The Bertz CT molecular complexity index is 958. The number of halogens is 2. The van der Waals surface area contributed by atoms with Crippen LogP contribution in [0.1, 0.15) is 30.3 Å². The van der Waals surface area contributed by atoms with Crippen molar-refractivity contribution >= 4 is 29.1 Å². The van der Waals surface area contributed by atoms with Gasteiger partial charge in [0.25, 0.3) is 5.91 Å². The second kappa shape index (κ2) is 7.41. The van der Waals surface area contributed by atoms with E-state index in [-0.39, 0.29) is 5.91 Å². The molecule has 0 unspecified atom stereocenters.